The van der Waals surface area contributed by atoms with Crippen LogP contribution in [0.5, 0.6) is 0 Å². The van der Waals surface area contributed by atoms with E-state index in [1.54, 1.807) is 18.5 Å². The van der Waals surface area contributed by atoms with E-state index in [4.69, 9.17) is 5.73 Å². The van der Waals surface area contributed by atoms with Gasteiger partial charge in [-0.3, -0.25) is 4.79 Å². The molecule has 28 heavy (non-hydrogen) atoms. The third kappa shape index (κ3) is 6.04. The van der Waals surface area contributed by atoms with Crippen molar-refractivity contribution in [3.05, 3.63) is 48.3 Å². The zero-order valence-electron chi connectivity index (χ0n) is 15.9. The number of benzene rings is 1. The van der Waals surface area contributed by atoms with Crippen LogP contribution in [0.2, 0.25) is 0 Å². The van der Waals surface area contributed by atoms with Crippen molar-refractivity contribution < 1.29 is 4.79 Å². The van der Waals surface area contributed by atoms with Crippen molar-refractivity contribution in [1.82, 2.24) is 14.9 Å². The second-order valence-electron chi connectivity index (χ2n) is 6.30. The largest absolute Gasteiger partial charge is 0.370 e. The Kier molecular flexibility index (Phi) is 8.42. The molecule has 1 aromatic heterocycles. The smallest absolute Gasteiger partial charge is 0.246 e. The second kappa shape index (κ2) is 10.8. The highest BCUT2D eigenvalue weighted by molar-refractivity contribution is 14.0. The van der Waals surface area contributed by atoms with Crippen molar-refractivity contribution >= 4 is 47.5 Å². The molecule has 1 aliphatic heterocycles. The Morgan fingerprint density at radius 2 is 1.89 bits per heavy atom. The highest BCUT2D eigenvalue weighted by Gasteiger charge is 2.20. The number of aryl methyl sites for hydroxylation is 1. The van der Waals surface area contributed by atoms with E-state index >= 15 is 0 Å². The summed E-state index contributed by atoms with van der Waals surface area (Å²) in [6.07, 6.45) is 4.40. The molecule has 2 aromatic rings. The zero-order valence-corrected chi connectivity index (χ0v) is 18.2. The molecule has 3 N–H and O–H groups in total. The van der Waals surface area contributed by atoms with E-state index in [2.05, 4.69) is 32.1 Å². The minimum absolute atomic E-state index is 0. The van der Waals surface area contributed by atoms with Crippen molar-refractivity contribution in [3.8, 4) is 0 Å². The van der Waals surface area contributed by atoms with Gasteiger partial charge in [-0.25, -0.2) is 15.0 Å². The maximum Gasteiger partial charge on any atom is 0.246 e. The number of nitrogens with zero attached hydrogens (tertiary/aromatic N) is 5. The van der Waals surface area contributed by atoms with Gasteiger partial charge in [-0.2, -0.15) is 0 Å². The molecule has 150 valence electrons. The number of aromatic nitrogens is 2. The molecular weight excluding hydrogens is 469 g/mol. The van der Waals surface area contributed by atoms with Gasteiger partial charge in [-0.1, -0.05) is 19.1 Å². The fourth-order valence-corrected chi connectivity index (χ4v) is 2.91. The molecule has 9 heteroatoms. The summed E-state index contributed by atoms with van der Waals surface area (Å²) in [5.41, 5.74) is 8.02. The van der Waals surface area contributed by atoms with Gasteiger partial charge in [0.15, 0.2) is 5.96 Å². The molecule has 1 aromatic carbocycles. The SMILES string of the molecule is CCc1cccc(NC(=O)CN=C(N)N2CCN(c3ncccn3)CC2)c1.I. The summed E-state index contributed by atoms with van der Waals surface area (Å²) in [6, 6.07) is 9.60. The highest BCUT2D eigenvalue weighted by Crippen LogP contribution is 2.11. The molecule has 0 radical (unpaired) electrons. The number of carbonyl (C=O) groups excluding carboxylic acids is 1. The van der Waals surface area contributed by atoms with Gasteiger partial charge in [-0.05, 0) is 30.2 Å². The van der Waals surface area contributed by atoms with Crippen LogP contribution in [-0.4, -0.2) is 59.5 Å². The lowest BCUT2D eigenvalue weighted by molar-refractivity contribution is -0.114. The van der Waals surface area contributed by atoms with Gasteiger partial charge >= 0.3 is 0 Å². The van der Waals surface area contributed by atoms with Crippen molar-refractivity contribution in [2.24, 2.45) is 10.7 Å². The molecule has 3 rings (SSSR count). The Bertz CT molecular complexity index is 792. The number of hydrogen-bond donors (Lipinski definition) is 2. The van der Waals surface area contributed by atoms with Crippen molar-refractivity contribution in [1.29, 1.82) is 0 Å². The fraction of sp³-hybridized carbons (Fsp3) is 0.368. The van der Waals surface area contributed by atoms with Gasteiger partial charge in [0.05, 0.1) is 0 Å². The Morgan fingerprint density at radius 1 is 1.18 bits per heavy atom. The number of guanidine groups is 1. The number of anilines is 2. The van der Waals surface area contributed by atoms with Crippen LogP contribution in [-0.2, 0) is 11.2 Å². The topological polar surface area (TPSA) is 99.7 Å². The molecule has 0 unspecified atom stereocenters. The number of carbonyl (C=O) groups is 1. The Balaban J connectivity index is 0.00000280. The molecule has 8 nitrogen and oxygen atoms in total. The first-order chi connectivity index (χ1) is 13.2. The minimum Gasteiger partial charge on any atom is -0.370 e. The third-order valence-electron chi connectivity index (χ3n) is 4.44. The first kappa shape index (κ1) is 21.9. The van der Waals surface area contributed by atoms with Gasteiger partial charge in [0, 0.05) is 44.3 Å². The summed E-state index contributed by atoms with van der Waals surface area (Å²) in [7, 11) is 0. The van der Waals surface area contributed by atoms with Crippen LogP contribution in [0.4, 0.5) is 11.6 Å². The molecule has 0 saturated carbocycles. The molecule has 0 atom stereocenters. The van der Waals surface area contributed by atoms with E-state index in [0.29, 0.717) is 19.0 Å². The van der Waals surface area contributed by atoms with E-state index in [1.165, 1.54) is 5.56 Å². The highest BCUT2D eigenvalue weighted by atomic mass is 127. The van der Waals surface area contributed by atoms with E-state index in [9.17, 15) is 4.79 Å². The predicted molar refractivity (Wildman–Crippen MR) is 122 cm³/mol. The monoisotopic (exact) mass is 495 g/mol. The summed E-state index contributed by atoms with van der Waals surface area (Å²) >= 11 is 0. The van der Waals surface area contributed by atoms with Gasteiger partial charge in [-0.15, -0.1) is 24.0 Å². The fourth-order valence-electron chi connectivity index (χ4n) is 2.91. The number of piperazine rings is 1. The first-order valence-corrected chi connectivity index (χ1v) is 9.11. The van der Waals surface area contributed by atoms with E-state index < -0.39 is 0 Å². The van der Waals surface area contributed by atoms with Crippen LogP contribution in [0.25, 0.3) is 0 Å². The second-order valence-corrected chi connectivity index (χ2v) is 6.30. The maximum absolute atomic E-state index is 12.1. The quantitative estimate of drug-likeness (QED) is 0.373. The maximum atomic E-state index is 12.1. The van der Waals surface area contributed by atoms with Crippen molar-refractivity contribution in [2.45, 2.75) is 13.3 Å². The van der Waals surface area contributed by atoms with Crippen LogP contribution >= 0.6 is 24.0 Å². The van der Waals surface area contributed by atoms with Crippen LogP contribution < -0.4 is 16.0 Å². The molecule has 0 bridgehead atoms. The minimum atomic E-state index is -0.178. The van der Waals surface area contributed by atoms with E-state index in [1.807, 2.05) is 29.2 Å². The lowest BCUT2D eigenvalue weighted by Crippen LogP contribution is -2.51. The molecule has 1 saturated heterocycles. The van der Waals surface area contributed by atoms with Crippen LogP contribution in [0, 0.1) is 0 Å². The van der Waals surface area contributed by atoms with Crippen molar-refractivity contribution in [3.63, 3.8) is 0 Å². The molecular formula is C19H26IN7O. The first-order valence-electron chi connectivity index (χ1n) is 9.11. The Hall–Kier alpha value is -2.43. The van der Waals surface area contributed by atoms with Crippen LogP contribution in [0.1, 0.15) is 12.5 Å². The van der Waals surface area contributed by atoms with Gasteiger partial charge < -0.3 is 20.9 Å². The number of nitrogens with one attached hydrogen (secondary N) is 1. The number of halogens is 1. The van der Waals surface area contributed by atoms with Gasteiger partial charge in [0.1, 0.15) is 6.54 Å². The number of hydrogen-bond acceptors (Lipinski definition) is 5. The Labute approximate surface area is 182 Å². The summed E-state index contributed by atoms with van der Waals surface area (Å²) < 4.78 is 0. The average molecular weight is 495 g/mol. The normalized spacial score (nSPS) is 14.4. The summed E-state index contributed by atoms with van der Waals surface area (Å²) in [6.45, 7) is 5.04. The zero-order chi connectivity index (χ0) is 19.1. The van der Waals surface area contributed by atoms with E-state index in [0.717, 1.165) is 31.1 Å². The lowest BCUT2D eigenvalue weighted by atomic mass is 10.1. The predicted octanol–water partition coefficient (Wildman–Crippen LogP) is 1.73. The van der Waals surface area contributed by atoms with E-state index in [-0.39, 0.29) is 36.4 Å². The molecule has 2 heterocycles. The Morgan fingerprint density at radius 3 is 2.57 bits per heavy atom. The van der Waals surface area contributed by atoms with Crippen LogP contribution in [0.3, 0.4) is 0 Å². The number of amides is 1. The molecule has 0 spiro atoms. The third-order valence-corrected chi connectivity index (χ3v) is 4.44. The molecule has 0 aliphatic carbocycles. The number of aliphatic imine (C=N–C) groups is 1. The van der Waals surface area contributed by atoms with Crippen LogP contribution in [0.15, 0.2) is 47.7 Å². The molecule has 1 aliphatic rings. The van der Waals surface area contributed by atoms with Crippen molar-refractivity contribution in [2.75, 3.05) is 42.9 Å². The van der Waals surface area contributed by atoms with Gasteiger partial charge in [0.2, 0.25) is 11.9 Å². The summed E-state index contributed by atoms with van der Waals surface area (Å²) in [4.78, 5) is 29.0. The standard InChI is InChI=1S/C19H25N7O.HI/c1-2-15-5-3-6-16(13-15)24-17(27)14-23-18(20)25-9-11-26(12-10-25)19-21-7-4-8-22-19;/h3-8,13H,2,9-12,14H2,1H3,(H2,20,23)(H,24,27);1H. The lowest BCUT2D eigenvalue weighted by Gasteiger charge is -2.35. The summed E-state index contributed by atoms with van der Waals surface area (Å²) in [5, 5.41) is 2.86. The molecule has 1 fully saturated rings. The number of nitrogens with two attached hydrogens (primary N) is 1. The number of rotatable bonds is 5. The molecule has 1 amide bonds. The van der Waals surface area contributed by atoms with Gasteiger partial charge in [0.25, 0.3) is 0 Å². The average Bonchev–Trinajstić information content (AvgIpc) is 2.73. The summed E-state index contributed by atoms with van der Waals surface area (Å²) in [5.74, 6) is 0.935.